The largest absolute Gasteiger partial charge is 0.457 e. The van der Waals surface area contributed by atoms with E-state index < -0.39 is 71.2 Å². The predicted octanol–water partition coefficient (Wildman–Crippen LogP) is 3.95. The van der Waals surface area contributed by atoms with Crippen LogP contribution in [0.2, 0.25) is 0 Å². The number of cyclic esters (lactones) is 1. The van der Waals surface area contributed by atoms with E-state index in [4.69, 9.17) is 34.3 Å². The number of esters is 1. The van der Waals surface area contributed by atoms with Crippen molar-refractivity contribution in [2.45, 2.75) is 141 Å². The van der Waals surface area contributed by atoms with E-state index >= 15 is 4.39 Å². The minimum Gasteiger partial charge on any atom is -0.457 e. The van der Waals surface area contributed by atoms with Crippen molar-refractivity contribution in [3.63, 3.8) is 0 Å². The number of carbonyl (C=O) groups is 2. The summed E-state index contributed by atoms with van der Waals surface area (Å²) >= 11 is 0. The number of nitrogens with zero attached hydrogens (tertiary/aromatic N) is 5. The molecule has 0 spiro atoms. The molecule has 0 amide bonds. The Morgan fingerprint density at radius 1 is 1.12 bits per heavy atom. The van der Waals surface area contributed by atoms with Gasteiger partial charge in [-0.05, 0) is 73.0 Å². The molecule has 4 N–H and O–H groups in total. The maximum absolute atomic E-state index is 16.8. The predicted molar refractivity (Wildman–Crippen MR) is 216 cm³/mol. The zero-order valence-corrected chi connectivity index (χ0v) is 36.0. The number of fused-ring (bicyclic) bond motifs is 5. The van der Waals surface area contributed by atoms with Gasteiger partial charge in [0, 0.05) is 41.9 Å². The summed E-state index contributed by atoms with van der Waals surface area (Å²) in [5.41, 5.74) is 0.863. The lowest BCUT2D eigenvalue weighted by Gasteiger charge is -2.48. The van der Waals surface area contributed by atoms with Crippen LogP contribution in [0, 0.1) is 17.8 Å². The number of anilines is 1. The molecule has 3 saturated heterocycles. The third kappa shape index (κ3) is 10.0. The van der Waals surface area contributed by atoms with E-state index in [9.17, 15) is 19.8 Å². The highest BCUT2D eigenvalue weighted by atomic mass is 19.1. The van der Waals surface area contributed by atoms with E-state index in [1.165, 1.54) is 13.8 Å². The number of aromatic nitrogens is 3. The van der Waals surface area contributed by atoms with Crippen molar-refractivity contribution in [3.8, 4) is 5.82 Å². The van der Waals surface area contributed by atoms with Crippen molar-refractivity contribution >= 4 is 23.3 Å². The number of ketones is 1. The number of hydrogen-bond donors (Lipinski definition) is 3. The second-order valence-corrected chi connectivity index (χ2v) is 17.3. The first kappa shape index (κ1) is 46.2. The number of likely N-dealkylation sites (N-methyl/N-ethyl adjacent to an activating group) is 1. The van der Waals surface area contributed by atoms with Crippen LogP contribution in [0.4, 0.5) is 10.2 Å². The Morgan fingerprint density at radius 2 is 1.83 bits per heavy atom. The van der Waals surface area contributed by atoms with Gasteiger partial charge in [-0.25, -0.2) is 18.9 Å². The summed E-state index contributed by atoms with van der Waals surface area (Å²) in [6, 6.07) is 4.86. The molecule has 17 heteroatoms. The Bertz CT molecular complexity index is 1820. The second-order valence-electron chi connectivity index (χ2n) is 17.3. The number of oxime groups is 1. The lowest BCUT2D eigenvalue weighted by molar-refractivity contribution is -0.296. The first-order chi connectivity index (χ1) is 27.6. The third-order valence-electron chi connectivity index (χ3n) is 12.2. The van der Waals surface area contributed by atoms with Gasteiger partial charge in [0.05, 0.1) is 37.1 Å². The third-order valence-corrected chi connectivity index (χ3v) is 12.2. The highest BCUT2D eigenvalue weighted by Gasteiger charge is 2.56. The number of Topliss-reactive ketones (excluding diaryl/α,β-unsaturated/α-hetero) is 1. The molecule has 2 bridgehead atoms. The molecule has 328 valence electrons. The van der Waals surface area contributed by atoms with Gasteiger partial charge in [0.2, 0.25) is 0 Å². The van der Waals surface area contributed by atoms with Gasteiger partial charge in [0.15, 0.2) is 17.9 Å². The number of nitrogen functional groups attached to an aromatic ring is 1. The van der Waals surface area contributed by atoms with Gasteiger partial charge in [-0.3, -0.25) is 4.79 Å². The molecular formula is C42H63FN6O10. The van der Waals surface area contributed by atoms with Gasteiger partial charge in [-0.15, -0.1) is 5.10 Å². The number of hydrogen-bond acceptors (Lipinski definition) is 15. The molecule has 2 aromatic rings. The van der Waals surface area contributed by atoms with Crippen LogP contribution in [0.15, 0.2) is 47.9 Å². The number of pyridine rings is 1. The van der Waals surface area contributed by atoms with Crippen LogP contribution in [-0.4, -0.2) is 134 Å². The van der Waals surface area contributed by atoms with Crippen molar-refractivity contribution in [1.29, 1.82) is 0 Å². The van der Waals surface area contributed by atoms with Crippen molar-refractivity contribution in [2.24, 2.45) is 22.9 Å². The van der Waals surface area contributed by atoms with Gasteiger partial charge < -0.3 is 49.4 Å². The zero-order valence-electron chi connectivity index (χ0n) is 36.0. The molecule has 59 heavy (non-hydrogen) atoms. The van der Waals surface area contributed by atoms with Crippen LogP contribution in [0.3, 0.4) is 0 Å². The van der Waals surface area contributed by atoms with E-state index in [-0.39, 0.29) is 56.4 Å². The minimum absolute atomic E-state index is 0.0169. The fraction of sp³-hybridized carbons (Fsp3) is 0.690. The smallest absolute Gasteiger partial charge is 0.351 e. The minimum atomic E-state index is -3.17. The SMILES string of the molecule is C=C1[C@H](C)C[C@@]2(C)OC/C(=N/OCc3ccc(-n4ccc(N)n4)nc3)CO[C@@H]([C@H]1C)[C@](C)(O)[C@@H](CC)OC(=O)[C@@](C)(F)C(=O)[C@H](C)[C@H]2O[C@@H]1O[C@H](C)C[C@H](N(C)C)[C@H]1O. The van der Waals surface area contributed by atoms with E-state index in [1.807, 2.05) is 39.8 Å². The fourth-order valence-corrected chi connectivity index (χ4v) is 8.58. The zero-order chi connectivity index (χ0) is 43.6. The quantitative estimate of drug-likeness (QED) is 0.149. The number of rotatable bonds is 8. The Labute approximate surface area is 346 Å². The van der Waals surface area contributed by atoms with E-state index in [0.717, 1.165) is 6.92 Å². The highest BCUT2D eigenvalue weighted by molar-refractivity contribution is 6.07. The Balaban J connectivity index is 1.59. The van der Waals surface area contributed by atoms with E-state index in [0.29, 0.717) is 29.2 Å². The number of halogens is 1. The molecule has 0 unspecified atom stereocenters. The lowest BCUT2D eigenvalue weighted by Crippen LogP contribution is -2.61. The number of ether oxygens (including phenoxy) is 5. The van der Waals surface area contributed by atoms with Crippen molar-refractivity contribution in [3.05, 3.63) is 48.3 Å². The van der Waals surface area contributed by atoms with Crippen molar-refractivity contribution < 1.29 is 52.7 Å². The lowest BCUT2D eigenvalue weighted by atomic mass is 9.72. The normalized spacial score (nSPS) is 38.7. The molecule has 3 aliphatic heterocycles. The molecule has 16 nitrogen and oxygen atoms in total. The molecule has 0 aromatic carbocycles. The molecule has 5 heterocycles. The van der Waals surface area contributed by atoms with Crippen LogP contribution in [0.25, 0.3) is 5.82 Å². The topological polar surface area (TPSA) is 202 Å². The maximum Gasteiger partial charge on any atom is 0.351 e. The van der Waals surface area contributed by atoms with Gasteiger partial charge in [0.1, 0.15) is 35.9 Å². The van der Waals surface area contributed by atoms with E-state index in [1.54, 1.807) is 49.1 Å². The summed E-state index contributed by atoms with van der Waals surface area (Å²) in [6.45, 7) is 16.8. The molecule has 0 radical (unpaired) electrons. The van der Waals surface area contributed by atoms with Crippen molar-refractivity contribution in [1.82, 2.24) is 19.7 Å². The first-order valence-electron chi connectivity index (χ1n) is 20.3. The molecule has 2 aromatic heterocycles. The molecule has 5 rings (SSSR count). The average molecular weight is 831 g/mol. The number of nitrogens with two attached hydrogens (primary N) is 1. The van der Waals surface area contributed by atoms with Crippen LogP contribution in [0.5, 0.6) is 0 Å². The first-order valence-corrected chi connectivity index (χ1v) is 20.3. The van der Waals surface area contributed by atoms with E-state index in [2.05, 4.69) is 21.8 Å². The van der Waals surface area contributed by atoms with Crippen LogP contribution in [0.1, 0.15) is 80.2 Å². The van der Waals surface area contributed by atoms with Crippen LogP contribution < -0.4 is 5.73 Å². The Morgan fingerprint density at radius 3 is 2.44 bits per heavy atom. The van der Waals surface area contributed by atoms with Gasteiger partial charge >= 0.3 is 5.97 Å². The van der Waals surface area contributed by atoms with Gasteiger partial charge in [0.25, 0.3) is 5.67 Å². The number of aliphatic hydroxyl groups is 2. The maximum atomic E-state index is 16.8. The molecule has 0 saturated carbocycles. The highest BCUT2D eigenvalue weighted by Crippen LogP contribution is 2.42. The monoisotopic (exact) mass is 830 g/mol. The summed E-state index contributed by atoms with van der Waals surface area (Å²) in [5.74, 6) is -3.96. The van der Waals surface area contributed by atoms with Gasteiger partial charge in [-0.1, -0.05) is 51.1 Å². The summed E-state index contributed by atoms with van der Waals surface area (Å²) in [7, 11) is 3.67. The summed E-state index contributed by atoms with van der Waals surface area (Å²) in [5, 5.41) is 32.4. The second kappa shape index (κ2) is 18.4. The molecule has 3 fully saturated rings. The standard InChI is InChI=1S/C42H63FN6O10/c1-12-31-42(9,53)37-26(5)25(4)23(2)18-40(7,55-22-29(21-54-37)47-56-20-28-13-14-33(45-19-28)49-16-15-32(44)46-49)36(27(6)35(51)41(8,43)39(52)58-31)59-38-34(50)30(48(10)11)17-24(3)57-38/h13-16,19,23-24,26-27,30-31,34,36-38,50,53H,4,12,17-18,20-22H2,1-3,5-11H3,(H2,44,46)/b47-29+/t23-,24-,26+,27+,30+,31-,34-,36-,37+,38+,40-,41+,42-/m1/s1. The van der Waals surface area contributed by atoms with Crippen LogP contribution >= 0.6 is 0 Å². The molecule has 3 aliphatic rings. The average Bonchev–Trinajstić information content (AvgIpc) is 3.62. The summed E-state index contributed by atoms with van der Waals surface area (Å²) < 4.78 is 50.2. The molecule has 13 atom stereocenters. The number of alkyl halides is 1. The summed E-state index contributed by atoms with van der Waals surface area (Å²) in [4.78, 5) is 40.2. The Kier molecular flexibility index (Phi) is 14.4. The Hall–Kier alpha value is -3.84. The molecule has 0 aliphatic carbocycles. The number of carbonyl (C=O) groups excluding carboxylic acids is 2. The van der Waals surface area contributed by atoms with Crippen molar-refractivity contribution in [2.75, 3.05) is 33.0 Å². The fourth-order valence-electron chi connectivity index (χ4n) is 8.58. The number of aliphatic hydroxyl groups excluding tert-OH is 1. The van der Waals surface area contributed by atoms with Crippen LogP contribution in [-0.2, 0) is 44.7 Å². The summed E-state index contributed by atoms with van der Waals surface area (Å²) in [6.07, 6.45) is -2.38. The molecular weight excluding hydrogens is 767 g/mol. The van der Waals surface area contributed by atoms with Gasteiger partial charge in [-0.2, -0.15) is 0 Å².